The first kappa shape index (κ1) is 29.0. The Kier molecular flexibility index (Phi) is 8.07. The first-order valence-corrected chi connectivity index (χ1v) is 14.6. The van der Waals surface area contributed by atoms with Crippen molar-refractivity contribution >= 4 is 61.2 Å². The number of pyridine rings is 1. The number of nitrogen functional groups attached to an aromatic ring is 1. The SMILES string of the molecule is COC(=O)[C@@H](Cc1cc2ccnc(N)c2cc1C(F)(F)F)N1CC[C@H](N(c2cnc(N3CCCC3)s2)S(=O)[O-])C1=O. The number of esters is 1. The lowest BCUT2D eigenvalue weighted by atomic mass is 9.95. The summed E-state index contributed by atoms with van der Waals surface area (Å²) in [7, 11) is 1.07. The van der Waals surface area contributed by atoms with Gasteiger partial charge in [-0.15, -0.1) is 0 Å². The molecule has 11 nitrogen and oxygen atoms in total. The summed E-state index contributed by atoms with van der Waals surface area (Å²) in [5.74, 6) is -1.72. The lowest BCUT2D eigenvalue weighted by Crippen LogP contribution is -2.49. The molecular formula is C25H26F3N6O5S2-. The molecule has 0 aliphatic carbocycles. The average Bonchev–Trinajstić information content (AvgIpc) is 3.69. The Labute approximate surface area is 239 Å². The first-order valence-electron chi connectivity index (χ1n) is 12.7. The van der Waals surface area contributed by atoms with Crippen molar-refractivity contribution in [3.63, 3.8) is 0 Å². The minimum absolute atomic E-state index is 0.0172. The van der Waals surface area contributed by atoms with Crippen molar-refractivity contribution in [3.05, 3.63) is 41.7 Å². The number of carbonyl (C=O) groups is 2. The molecule has 16 heteroatoms. The lowest BCUT2D eigenvalue weighted by molar-refractivity contribution is -0.151. The van der Waals surface area contributed by atoms with Gasteiger partial charge in [0.2, 0.25) is 5.91 Å². The number of likely N-dealkylation sites (tertiary alicyclic amines) is 1. The number of alkyl halides is 3. The van der Waals surface area contributed by atoms with E-state index in [4.69, 9.17) is 10.5 Å². The molecule has 0 radical (unpaired) electrons. The maximum absolute atomic E-state index is 14.1. The molecule has 0 bridgehead atoms. The second-order valence-corrected chi connectivity index (χ2v) is 11.5. The summed E-state index contributed by atoms with van der Waals surface area (Å²) in [6, 6.07) is 1.00. The zero-order valence-corrected chi connectivity index (χ0v) is 23.4. The molecule has 3 aromatic rings. The van der Waals surface area contributed by atoms with Gasteiger partial charge in [0.1, 0.15) is 22.9 Å². The van der Waals surface area contributed by atoms with Crippen molar-refractivity contribution in [3.8, 4) is 0 Å². The van der Waals surface area contributed by atoms with Gasteiger partial charge in [-0.1, -0.05) is 17.4 Å². The van der Waals surface area contributed by atoms with Gasteiger partial charge in [0.15, 0.2) is 5.13 Å². The van der Waals surface area contributed by atoms with Gasteiger partial charge in [-0.2, -0.15) is 13.2 Å². The topological polar surface area (TPSA) is 145 Å². The first-order chi connectivity index (χ1) is 19.5. The number of nitrogens with zero attached hydrogens (tertiary/aromatic N) is 5. The number of ether oxygens (including phenoxy) is 1. The normalized spacial score (nSPS) is 19.1. The molecule has 2 aliphatic rings. The molecule has 1 aromatic carbocycles. The number of amides is 1. The fourth-order valence-electron chi connectivity index (χ4n) is 5.35. The van der Waals surface area contributed by atoms with E-state index in [1.807, 2.05) is 4.90 Å². The molecular weight excluding hydrogens is 585 g/mol. The smallest absolute Gasteiger partial charge is 0.416 e. The molecule has 1 amide bonds. The fourth-order valence-corrected chi connectivity index (χ4v) is 7.16. The molecule has 5 rings (SSSR count). The molecule has 220 valence electrons. The molecule has 3 atom stereocenters. The monoisotopic (exact) mass is 611 g/mol. The van der Waals surface area contributed by atoms with Crippen LogP contribution in [0.1, 0.15) is 30.4 Å². The van der Waals surface area contributed by atoms with E-state index in [9.17, 15) is 31.5 Å². The molecule has 0 saturated carbocycles. The van der Waals surface area contributed by atoms with Crippen molar-refractivity contribution in [2.24, 2.45) is 0 Å². The molecule has 4 heterocycles. The fraction of sp³-hybridized carbons (Fsp3) is 0.440. The van der Waals surface area contributed by atoms with Crippen LogP contribution in [0.4, 0.5) is 29.1 Å². The minimum atomic E-state index is -4.79. The number of nitrogens with two attached hydrogens (primary N) is 1. The lowest BCUT2D eigenvalue weighted by Gasteiger charge is -2.31. The third-order valence-electron chi connectivity index (χ3n) is 7.32. The van der Waals surface area contributed by atoms with E-state index >= 15 is 0 Å². The quantitative estimate of drug-likeness (QED) is 0.300. The van der Waals surface area contributed by atoms with E-state index in [1.165, 1.54) is 24.5 Å². The molecule has 2 aromatic heterocycles. The molecule has 2 saturated heterocycles. The van der Waals surface area contributed by atoms with E-state index in [0.29, 0.717) is 10.5 Å². The Bertz CT molecular complexity index is 1500. The summed E-state index contributed by atoms with van der Waals surface area (Å²) in [5, 5.41) is 1.34. The Morgan fingerprint density at radius 2 is 2.02 bits per heavy atom. The Morgan fingerprint density at radius 1 is 1.29 bits per heavy atom. The number of methoxy groups -OCH3 is 1. The van der Waals surface area contributed by atoms with Crippen molar-refractivity contribution in [2.75, 3.05) is 41.7 Å². The van der Waals surface area contributed by atoms with E-state index in [0.717, 1.165) is 59.6 Å². The molecule has 2 aliphatic heterocycles. The third-order valence-corrected chi connectivity index (χ3v) is 9.26. The van der Waals surface area contributed by atoms with Gasteiger partial charge in [0, 0.05) is 48.9 Å². The number of anilines is 3. The summed E-state index contributed by atoms with van der Waals surface area (Å²) >= 11 is -1.73. The molecule has 2 N–H and O–H groups in total. The Balaban J connectivity index is 1.46. The highest BCUT2D eigenvalue weighted by atomic mass is 32.2. The van der Waals surface area contributed by atoms with Crippen LogP contribution < -0.4 is 14.9 Å². The predicted octanol–water partition coefficient (Wildman–Crippen LogP) is 2.88. The molecule has 0 spiro atoms. The van der Waals surface area contributed by atoms with Gasteiger partial charge in [-0.3, -0.25) is 13.3 Å². The molecule has 41 heavy (non-hydrogen) atoms. The summed E-state index contributed by atoms with van der Waals surface area (Å²) in [5.41, 5.74) is 4.52. The van der Waals surface area contributed by atoms with Crippen LogP contribution in [0.15, 0.2) is 30.6 Å². The number of aromatic nitrogens is 2. The number of rotatable bonds is 8. The number of hydrogen-bond donors (Lipinski definition) is 1. The number of benzene rings is 1. The summed E-state index contributed by atoms with van der Waals surface area (Å²) < 4.78 is 72.8. The van der Waals surface area contributed by atoms with Gasteiger partial charge < -0.3 is 24.8 Å². The highest BCUT2D eigenvalue weighted by Crippen LogP contribution is 2.38. The van der Waals surface area contributed by atoms with Gasteiger partial charge in [-0.05, 0) is 42.3 Å². The van der Waals surface area contributed by atoms with Crippen molar-refractivity contribution in [1.29, 1.82) is 0 Å². The van der Waals surface area contributed by atoms with Crippen molar-refractivity contribution in [2.45, 2.75) is 43.9 Å². The van der Waals surface area contributed by atoms with Crippen molar-refractivity contribution in [1.82, 2.24) is 14.9 Å². The van der Waals surface area contributed by atoms with Crippen LogP contribution in [-0.4, -0.2) is 74.3 Å². The van der Waals surface area contributed by atoms with E-state index in [2.05, 4.69) is 9.97 Å². The largest absolute Gasteiger partial charge is 0.755 e. The van der Waals surface area contributed by atoms with Gasteiger partial charge in [-0.25, -0.2) is 14.8 Å². The van der Waals surface area contributed by atoms with Crippen molar-refractivity contribution < 1.29 is 36.3 Å². The summed E-state index contributed by atoms with van der Waals surface area (Å²) in [6.45, 7) is 1.52. The Hall–Kier alpha value is -3.50. The number of carbonyl (C=O) groups excluding carboxylic acids is 2. The second-order valence-electron chi connectivity index (χ2n) is 9.72. The second kappa shape index (κ2) is 11.4. The number of hydrogen-bond acceptors (Lipinski definition) is 10. The minimum Gasteiger partial charge on any atom is -0.755 e. The Morgan fingerprint density at radius 3 is 2.68 bits per heavy atom. The average molecular weight is 612 g/mol. The van der Waals surface area contributed by atoms with Gasteiger partial charge >= 0.3 is 12.1 Å². The van der Waals surface area contributed by atoms with E-state index < -0.39 is 53.4 Å². The van der Waals surface area contributed by atoms with Crippen LogP contribution in [0, 0.1) is 0 Å². The maximum Gasteiger partial charge on any atom is 0.416 e. The van der Waals surface area contributed by atoms with E-state index in [1.54, 1.807) is 0 Å². The zero-order chi connectivity index (χ0) is 29.5. The number of fused-ring (bicyclic) bond motifs is 1. The van der Waals surface area contributed by atoms with Crippen LogP contribution in [0.25, 0.3) is 10.8 Å². The highest BCUT2D eigenvalue weighted by molar-refractivity contribution is 7.81. The molecule has 1 unspecified atom stereocenters. The summed E-state index contributed by atoms with van der Waals surface area (Å²) in [4.78, 5) is 37.8. The third kappa shape index (κ3) is 5.67. The van der Waals surface area contributed by atoms with Crippen LogP contribution in [0.2, 0.25) is 0 Å². The van der Waals surface area contributed by atoms with Crippen LogP contribution >= 0.6 is 11.3 Å². The van der Waals surface area contributed by atoms with Crippen LogP contribution in [0.3, 0.4) is 0 Å². The zero-order valence-electron chi connectivity index (χ0n) is 21.8. The van der Waals surface area contributed by atoms with Gasteiger partial charge in [0.25, 0.3) is 0 Å². The number of halogens is 3. The summed E-state index contributed by atoms with van der Waals surface area (Å²) in [6.07, 6.45) is -0.565. The van der Waals surface area contributed by atoms with E-state index in [-0.39, 0.29) is 34.7 Å². The highest BCUT2D eigenvalue weighted by Gasteiger charge is 2.44. The molecule has 2 fully saturated rings. The van der Waals surface area contributed by atoms with Crippen LogP contribution in [-0.2, 0) is 38.2 Å². The van der Waals surface area contributed by atoms with Gasteiger partial charge in [0.05, 0.1) is 18.9 Å². The number of thiazole rings is 1. The van der Waals surface area contributed by atoms with Crippen LogP contribution in [0.5, 0.6) is 0 Å². The predicted molar refractivity (Wildman–Crippen MR) is 146 cm³/mol. The maximum atomic E-state index is 14.1. The standard InChI is InChI=1S/C25H27F3N6O5S2/c1-39-23(36)19(11-15-10-14-4-6-30-21(29)16(14)12-17(15)25(26,27)28)33-9-5-18(22(33)35)34(41(37)38)20-13-31-24(40-20)32-7-2-3-8-32/h4,6,10,12-13,18-19H,2-3,5,7-9,11H2,1H3,(H2,29,30)(H,37,38)/p-1/t18-,19+/m0/s1.